The average Bonchev–Trinajstić information content (AvgIpc) is 3.27. The highest BCUT2D eigenvalue weighted by Gasteiger charge is 2.23. The fourth-order valence-electron chi connectivity index (χ4n) is 2.66. The molecule has 0 aliphatic heterocycles. The highest BCUT2D eigenvalue weighted by molar-refractivity contribution is 7.92. The van der Waals surface area contributed by atoms with E-state index in [1.165, 1.54) is 21.9 Å². The maximum absolute atomic E-state index is 12.6. The van der Waals surface area contributed by atoms with Crippen molar-refractivity contribution in [2.75, 3.05) is 11.8 Å². The second kappa shape index (κ2) is 7.55. The highest BCUT2D eigenvalue weighted by Crippen LogP contribution is 2.29. The lowest BCUT2D eigenvalue weighted by atomic mass is 10.2. The third-order valence-corrected chi connectivity index (χ3v) is 6.58. The van der Waals surface area contributed by atoms with Crippen molar-refractivity contribution in [2.45, 2.75) is 4.90 Å². The zero-order valence-corrected chi connectivity index (χ0v) is 17.5. The summed E-state index contributed by atoms with van der Waals surface area (Å²) in [5.74, 6) is 0.545. The van der Waals surface area contributed by atoms with Crippen LogP contribution in [0.5, 0.6) is 5.75 Å². The molecule has 2 aromatic carbocycles. The van der Waals surface area contributed by atoms with Crippen molar-refractivity contribution < 1.29 is 18.1 Å². The topological polar surface area (TPSA) is 129 Å². The molecule has 0 spiro atoms. The van der Waals surface area contributed by atoms with E-state index in [1.807, 2.05) is 17.5 Å². The number of thiazole rings is 1. The number of ether oxygens (including phenoxy) is 1. The predicted octanol–water partition coefficient (Wildman–Crippen LogP) is 3.83. The van der Waals surface area contributed by atoms with Gasteiger partial charge in [0.25, 0.3) is 21.7 Å². The lowest BCUT2D eigenvalue weighted by Crippen LogP contribution is -2.14. The molecule has 13 heteroatoms. The minimum absolute atomic E-state index is 0.158. The molecule has 2 heterocycles. The van der Waals surface area contributed by atoms with E-state index >= 15 is 0 Å². The van der Waals surface area contributed by atoms with E-state index in [9.17, 15) is 18.5 Å². The number of benzene rings is 2. The number of nitrogens with one attached hydrogen (secondary N) is 1. The fraction of sp³-hybridized carbons (Fsp3) is 0.0588. The molecular formula is C17H12ClN5O5S2. The quantitative estimate of drug-likeness (QED) is 0.338. The van der Waals surface area contributed by atoms with Crippen LogP contribution in [0.2, 0.25) is 5.02 Å². The summed E-state index contributed by atoms with van der Waals surface area (Å²) in [7, 11) is -2.59. The minimum atomic E-state index is -4.16. The molecule has 0 fully saturated rings. The molecule has 10 nitrogen and oxygen atoms in total. The highest BCUT2D eigenvalue weighted by atomic mass is 35.5. The van der Waals surface area contributed by atoms with E-state index in [0.29, 0.717) is 10.7 Å². The molecule has 0 aliphatic rings. The maximum Gasteiger partial charge on any atom is 0.289 e. The normalized spacial score (nSPS) is 11.5. The van der Waals surface area contributed by atoms with Crippen LogP contribution in [0.1, 0.15) is 0 Å². The molecular weight excluding hydrogens is 454 g/mol. The van der Waals surface area contributed by atoms with Gasteiger partial charge in [0, 0.05) is 17.0 Å². The Kier molecular flexibility index (Phi) is 5.05. The van der Waals surface area contributed by atoms with Gasteiger partial charge >= 0.3 is 0 Å². The Bertz CT molecular complexity index is 1370. The summed E-state index contributed by atoms with van der Waals surface area (Å²) in [6, 6.07) is 10.5. The van der Waals surface area contributed by atoms with E-state index in [1.54, 1.807) is 19.2 Å². The summed E-state index contributed by atoms with van der Waals surface area (Å²) >= 11 is 7.03. The number of hydrogen-bond acceptors (Lipinski definition) is 8. The van der Waals surface area contributed by atoms with Gasteiger partial charge in [-0.1, -0.05) is 11.6 Å². The third kappa shape index (κ3) is 3.67. The minimum Gasteiger partial charge on any atom is -0.497 e. The van der Waals surface area contributed by atoms with Gasteiger partial charge in [-0.25, -0.2) is 17.7 Å². The van der Waals surface area contributed by atoms with Crippen LogP contribution in [0.25, 0.3) is 16.2 Å². The zero-order chi connectivity index (χ0) is 21.5. The molecule has 4 aromatic rings. The average molecular weight is 466 g/mol. The molecule has 0 saturated heterocycles. The lowest BCUT2D eigenvalue weighted by Gasteiger charge is -2.05. The Hall–Kier alpha value is -3.22. The molecule has 1 N–H and O–H groups in total. The number of aromatic nitrogens is 3. The number of nitro groups is 1. The number of fused-ring (bicyclic) bond motifs is 1. The third-order valence-electron chi connectivity index (χ3n) is 4.12. The van der Waals surface area contributed by atoms with Crippen LogP contribution in [0.3, 0.4) is 0 Å². The number of rotatable bonds is 6. The SMILES string of the molecule is COc1ccc(-c2csc3nc(NS(=O)(=O)c4ccc(Cl)c([N+](=O)[O-])c4)nn23)cc1. The number of nitrogens with zero attached hydrogens (tertiary/aromatic N) is 4. The molecule has 0 aliphatic carbocycles. The van der Waals surface area contributed by atoms with Crippen molar-refractivity contribution in [3.8, 4) is 17.0 Å². The standard InChI is InChI=1S/C17H12ClN5O5S2/c1-28-11-4-2-10(3-5-11)15-9-29-17-19-16(20-22(15)17)21-30(26,27)12-6-7-13(18)14(8-12)23(24)25/h2-9H,1H3,(H,20,21). The summed E-state index contributed by atoms with van der Waals surface area (Å²) in [4.78, 5) is 14.6. The Morgan fingerprint density at radius 2 is 1.97 bits per heavy atom. The van der Waals surface area contributed by atoms with Gasteiger partial charge in [-0.15, -0.1) is 16.4 Å². The van der Waals surface area contributed by atoms with Gasteiger partial charge in [-0.05, 0) is 36.4 Å². The van der Waals surface area contributed by atoms with Gasteiger partial charge in [0.15, 0.2) is 0 Å². The molecule has 0 atom stereocenters. The number of sulfonamides is 1. The van der Waals surface area contributed by atoms with Crippen LogP contribution < -0.4 is 9.46 Å². The molecule has 0 unspecified atom stereocenters. The van der Waals surface area contributed by atoms with E-state index in [2.05, 4.69) is 14.8 Å². The monoisotopic (exact) mass is 465 g/mol. The zero-order valence-electron chi connectivity index (χ0n) is 15.1. The molecule has 2 aromatic heterocycles. The summed E-state index contributed by atoms with van der Waals surface area (Å²) in [5.41, 5.74) is 1.05. The summed E-state index contributed by atoms with van der Waals surface area (Å²) < 4.78 is 34.2. The lowest BCUT2D eigenvalue weighted by molar-refractivity contribution is -0.384. The first kappa shape index (κ1) is 20.1. The smallest absolute Gasteiger partial charge is 0.289 e. The fourth-order valence-corrected chi connectivity index (χ4v) is 4.64. The first-order valence-electron chi connectivity index (χ1n) is 8.24. The molecule has 4 rings (SSSR count). The van der Waals surface area contributed by atoms with Gasteiger partial charge in [-0.2, -0.15) is 4.98 Å². The van der Waals surface area contributed by atoms with E-state index in [-0.39, 0.29) is 15.9 Å². The van der Waals surface area contributed by atoms with Crippen molar-refractivity contribution in [2.24, 2.45) is 0 Å². The van der Waals surface area contributed by atoms with Crippen molar-refractivity contribution in [1.29, 1.82) is 0 Å². The molecule has 0 radical (unpaired) electrons. The van der Waals surface area contributed by atoms with Crippen LogP contribution in [-0.4, -0.2) is 35.0 Å². The van der Waals surface area contributed by atoms with Gasteiger partial charge in [0.1, 0.15) is 10.8 Å². The Morgan fingerprint density at radius 1 is 1.23 bits per heavy atom. The number of anilines is 1. The van der Waals surface area contributed by atoms with Crippen LogP contribution >= 0.6 is 22.9 Å². The van der Waals surface area contributed by atoms with E-state index < -0.39 is 20.6 Å². The Morgan fingerprint density at radius 3 is 2.63 bits per heavy atom. The van der Waals surface area contributed by atoms with E-state index in [4.69, 9.17) is 16.3 Å². The second-order valence-electron chi connectivity index (χ2n) is 5.96. The largest absolute Gasteiger partial charge is 0.497 e. The van der Waals surface area contributed by atoms with Gasteiger partial charge in [-0.3, -0.25) is 10.1 Å². The number of halogens is 1. The number of hydrogen-bond donors (Lipinski definition) is 1. The maximum atomic E-state index is 12.6. The first-order valence-corrected chi connectivity index (χ1v) is 11.0. The molecule has 0 saturated carbocycles. The van der Waals surface area contributed by atoms with Crippen LogP contribution in [0, 0.1) is 10.1 Å². The van der Waals surface area contributed by atoms with Gasteiger partial charge < -0.3 is 4.74 Å². The van der Waals surface area contributed by atoms with Gasteiger partial charge in [0.05, 0.1) is 22.6 Å². The van der Waals surface area contributed by atoms with Crippen molar-refractivity contribution in [3.63, 3.8) is 0 Å². The summed E-state index contributed by atoms with van der Waals surface area (Å²) in [6.07, 6.45) is 0. The number of nitro benzene ring substituents is 1. The number of methoxy groups -OCH3 is 1. The van der Waals surface area contributed by atoms with Crippen LogP contribution in [-0.2, 0) is 10.0 Å². The Labute approximate surface area is 178 Å². The Balaban J connectivity index is 1.66. The van der Waals surface area contributed by atoms with Crippen molar-refractivity contribution in [1.82, 2.24) is 14.6 Å². The molecule has 30 heavy (non-hydrogen) atoms. The molecule has 0 amide bonds. The molecule has 154 valence electrons. The first-order chi connectivity index (χ1) is 14.3. The van der Waals surface area contributed by atoms with Crippen molar-refractivity contribution in [3.05, 3.63) is 63.0 Å². The second-order valence-corrected chi connectivity index (χ2v) is 8.88. The van der Waals surface area contributed by atoms with Crippen molar-refractivity contribution >= 4 is 49.6 Å². The summed E-state index contributed by atoms with van der Waals surface area (Å²) in [5, 5.41) is 16.9. The summed E-state index contributed by atoms with van der Waals surface area (Å²) in [6.45, 7) is 0. The van der Waals surface area contributed by atoms with Crippen LogP contribution in [0.15, 0.2) is 52.7 Å². The molecule has 0 bridgehead atoms. The van der Waals surface area contributed by atoms with Crippen LogP contribution in [0.4, 0.5) is 11.6 Å². The van der Waals surface area contributed by atoms with E-state index in [0.717, 1.165) is 23.4 Å². The predicted molar refractivity (Wildman–Crippen MR) is 112 cm³/mol. The van der Waals surface area contributed by atoms with Gasteiger partial charge in [0.2, 0.25) is 4.96 Å².